The van der Waals surface area contributed by atoms with E-state index in [1.165, 1.54) is 30.2 Å². The third kappa shape index (κ3) is 4.13. The van der Waals surface area contributed by atoms with E-state index < -0.39 is 22.9 Å². The number of fused-ring (bicyclic) bond motifs is 1. The molecule has 3 aromatic rings. The molecule has 1 N–H and O–H groups in total. The summed E-state index contributed by atoms with van der Waals surface area (Å²) in [6.45, 7) is 1.67. The van der Waals surface area contributed by atoms with Gasteiger partial charge in [-0.2, -0.15) is 13.2 Å². The Balaban J connectivity index is 1.74. The third-order valence-electron chi connectivity index (χ3n) is 3.62. The van der Waals surface area contributed by atoms with Crippen molar-refractivity contribution in [3.05, 3.63) is 60.4 Å². The van der Waals surface area contributed by atoms with E-state index in [0.717, 1.165) is 23.0 Å². The van der Waals surface area contributed by atoms with Crippen LogP contribution in [0.3, 0.4) is 0 Å². The van der Waals surface area contributed by atoms with Crippen LogP contribution in [0.2, 0.25) is 0 Å². The van der Waals surface area contributed by atoms with Gasteiger partial charge in [0.1, 0.15) is 11.4 Å². The third-order valence-corrected chi connectivity index (χ3v) is 4.74. The molecule has 0 saturated heterocycles. The van der Waals surface area contributed by atoms with E-state index >= 15 is 0 Å². The van der Waals surface area contributed by atoms with Gasteiger partial charge in [-0.15, -0.1) is 0 Å². The number of benzene rings is 2. The number of amides is 1. The average molecular weight is 377 g/mol. The number of rotatable bonds is 4. The van der Waals surface area contributed by atoms with E-state index in [1.807, 2.05) is 24.3 Å². The van der Waals surface area contributed by atoms with Gasteiger partial charge in [-0.25, -0.2) is 9.97 Å². The van der Waals surface area contributed by atoms with Crippen molar-refractivity contribution in [2.24, 2.45) is 0 Å². The molecule has 0 fully saturated rings. The summed E-state index contributed by atoms with van der Waals surface area (Å²) < 4.78 is 38.3. The van der Waals surface area contributed by atoms with Crippen LogP contribution in [0.1, 0.15) is 12.5 Å². The van der Waals surface area contributed by atoms with Crippen molar-refractivity contribution >= 4 is 34.3 Å². The molecule has 134 valence electrons. The number of hydrogen-bond donors (Lipinski definition) is 1. The lowest BCUT2D eigenvalue weighted by Crippen LogP contribution is -2.22. The molecule has 0 aliphatic carbocycles. The van der Waals surface area contributed by atoms with Gasteiger partial charge < -0.3 is 5.32 Å². The lowest BCUT2D eigenvalue weighted by molar-refractivity contribution is -0.137. The van der Waals surface area contributed by atoms with Crippen LogP contribution < -0.4 is 5.32 Å². The molecule has 1 heterocycles. The minimum atomic E-state index is -4.46. The number of aromatic nitrogens is 2. The quantitative estimate of drug-likeness (QED) is 0.526. The number of nitrogens with zero attached hydrogens (tertiary/aromatic N) is 2. The second-order valence-electron chi connectivity index (χ2n) is 5.52. The second-order valence-corrected chi connectivity index (χ2v) is 6.85. The van der Waals surface area contributed by atoms with Gasteiger partial charge in [0.25, 0.3) is 0 Å². The smallest absolute Gasteiger partial charge is 0.325 e. The highest BCUT2D eigenvalue weighted by Crippen LogP contribution is 2.31. The largest absolute Gasteiger partial charge is 0.416 e. The SMILES string of the molecule is C[C@H](Sc1ncnc2ccccc12)C(=O)Nc1cccc(C(F)(F)F)c1. The zero-order chi connectivity index (χ0) is 18.7. The normalized spacial score (nSPS) is 12.8. The molecular formula is C18H14F3N3OS. The summed E-state index contributed by atoms with van der Waals surface area (Å²) in [5.74, 6) is -0.406. The highest BCUT2D eigenvalue weighted by molar-refractivity contribution is 8.00. The number of halogens is 3. The topological polar surface area (TPSA) is 54.9 Å². The summed E-state index contributed by atoms with van der Waals surface area (Å²) in [6.07, 6.45) is -3.04. The van der Waals surface area contributed by atoms with Crippen molar-refractivity contribution in [2.45, 2.75) is 23.4 Å². The van der Waals surface area contributed by atoms with Crippen LogP contribution in [-0.2, 0) is 11.0 Å². The molecule has 1 amide bonds. The number of thioether (sulfide) groups is 1. The molecule has 8 heteroatoms. The standard InChI is InChI=1S/C18H14F3N3OS/c1-11(26-17-14-7-2-3-8-15(14)22-10-23-17)16(25)24-13-6-4-5-12(9-13)18(19,20)21/h2-11H,1H3,(H,24,25)/t11-/m0/s1. The number of para-hydroxylation sites is 1. The summed E-state index contributed by atoms with van der Waals surface area (Å²) >= 11 is 1.22. The Labute approximate surface area is 151 Å². The van der Waals surface area contributed by atoms with E-state index in [1.54, 1.807) is 6.92 Å². The number of nitrogens with one attached hydrogen (secondary N) is 1. The fourth-order valence-electron chi connectivity index (χ4n) is 2.31. The number of hydrogen-bond acceptors (Lipinski definition) is 4. The van der Waals surface area contributed by atoms with E-state index in [-0.39, 0.29) is 5.69 Å². The molecule has 0 bridgehead atoms. The molecule has 1 aromatic heterocycles. The molecule has 3 rings (SSSR count). The number of carbonyl (C=O) groups is 1. The number of alkyl halides is 3. The van der Waals surface area contributed by atoms with Crippen LogP contribution >= 0.6 is 11.8 Å². The Bertz CT molecular complexity index is 941. The summed E-state index contributed by atoms with van der Waals surface area (Å²) in [5, 5.41) is 3.43. The molecule has 0 spiro atoms. The van der Waals surface area contributed by atoms with Crippen LogP contribution in [0, 0.1) is 0 Å². The molecule has 0 unspecified atom stereocenters. The minimum absolute atomic E-state index is 0.102. The van der Waals surface area contributed by atoms with Crippen LogP contribution in [0.15, 0.2) is 59.9 Å². The van der Waals surface area contributed by atoms with E-state index in [0.29, 0.717) is 5.03 Å². The van der Waals surface area contributed by atoms with E-state index in [4.69, 9.17) is 0 Å². The lowest BCUT2D eigenvalue weighted by atomic mass is 10.2. The van der Waals surface area contributed by atoms with Gasteiger partial charge in [-0.05, 0) is 31.2 Å². The molecule has 26 heavy (non-hydrogen) atoms. The Morgan fingerprint density at radius 3 is 2.65 bits per heavy atom. The van der Waals surface area contributed by atoms with Crippen molar-refractivity contribution in [3.63, 3.8) is 0 Å². The second kappa shape index (κ2) is 7.33. The zero-order valence-corrected chi connectivity index (χ0v) is 14.4. The molecule has 4 nitrogen and oxygen atoms in total. The van der Waals surface area contributed by atoms with Crippen molar-refractivity contribution in [2.75, 3.05) is 5.32 Å². The van der Waals surface area contributed by atoms with Crippen LogP contribution in [-0.4, -0.2) is 21.1 Å². The zero-order valence-electron chi connectivity index (χ0n) is 13.6. The molecule has 0 saturated carbocycles. The first-order chi connectivity index (χ1) is 12.3. The van der Waals surface area contributed by atoms with Gasteiger partial charge >= 0.3 is 6.18 Å². The molecule has 2 aromatic carbocycles. The Morgan fingerprint density at radius 1 is 1.12 bits per heavy atom. The van der Waals surface area contributed by atoms with Crippen LogP contribution in [0.5, 0.6) is 0 Å². The molecule has 0 radical (unpaired) electrons. The van der Waals surface area contributed by atoms with Gasteiger partial charge in [-0.3, -0.25) is 4.79 Å². The summed E-state index contributed by atoms with van der Waals surface area (Å²) in [6, 6.07) is 12.0. The Kier molecular flexibility index (Phi) is 5.13. The monoisotopic (exact) mass is 377 g/mol. The fourth-order valence-corrected chi connectivity index (χ4v) is 3.22. The lowest BCUT2D eigenvalue weighted by Gasteiger charge is -2.14. The predicted octanol–water partition coefficient (Wildman–Crippen LogP) is 4.77. The maximum atomic E-state index is 12.8. The minimum Gasteiger partial charge on any atom is -0.325 e. The van der Waals surface area contributed by atoms with Crippen molar-refractivity contribution in [1.29, 1.82) is 0 Å². The van der Waals surface area contributed by atoms with Gasteiger partial charge in [-0.1, -0.05) is 36.0 Å². The van der Waals surface area contributed by atoms with Gasteiger partial charge in [0.05, 0.1) is 16.3 Å². The molecule has 1 atom stereocenters. The Morgan fingerprint density at radius 2 is 1.88 bits per heavy atom. The fraction of sp³-hybridized carbons (Fsp3) is 0.167. The van der Waals surface area contributed by atoms with Gasteiger partial charge in [0.15, 0.2) is 0 Å². The highest BCUT2D eigenvalue weighted by Gasteiger charge is 2.30. The Hall–Kier alpha value is -2.61. The molecular weight excluding hydrogens is 363 g/mol. The molecule has 0 aliphatic heterocycles. The van der Waals surface area contributed by atoms with E-state index in [9.17, 15) is 18.0 Å². The summed E-state index contributed by atoms with van der Waals surface area (Å²) in [5.41, 5.74) is 0.0534. The van der Waals surface area contributed by atoms with Gasteiger partial charge in [0, 0.05) is 11.1 Å². The van der Waals surface area contributed by atoms with E-state index in [2.05, 4.69) is 15.3 Å². The first kappa shape index (κ1) is 18.2. The summed E-state index contributed by atoms with van der Waals surface area (Å²) in [7, 11) is 0. The van der Waals surface area contributed by atoms with Crippen molar-refractivity contribution in [1.82, 2.24) is 9.97 Å². The van der Waals surface area contributed by atoms with Crippen LogP contribution in [0.4, 0.5) is 18.9 Å². The number of anilines is 1. The van der Waals surface area contributed by atoms with Crippen molar-refractivity contribution in [3.8, 4) is 0 Å². The average Bonchev–Trinajstić information content (AvgIpc) is 2.61. The molecule has 0 aliphatic rings. The first-order valence-electron chi connectivity index (χ1n) is 7.69. The number of carbonyl (C=O) groups excluding carboxylic acids is 1. The highest BCUT2D eigenvalue weighted by atomic mass is 32.2. The van der Waals surface area contributed by atoms with Crippen LogP contribution in [0.25, 0.3) is 10.9 Å². The van der Waals surface area contributed by atoms with Crippen molar-refractivity contribution < 1.29 is 18.0 Å². The summed E-state index contributed by atoms with van der Waals surface area (Å²) in [4.78, 5) is 20.7. The first-order valence-corrected chi connectivity index (χ1v) is 8.57. The van der Waals surface area contributed by atoms with Gasteiger partial charge in [0.2, 0.25) is 5.91 Å². The predicted molar refractivity (Wildman–Crippen MR) is 94.9 cm³/mol. The maximum absolute atomic E-state index is 12.8. The maximum Gasteiger partial charge on any atom is 0.416 e.